The van der Waals surface area contributed by atoms with Gasteiger partial charge in [0.2, 0.25) is 0 Å². The predicted octanol–water partition coefficient (Wildman–Crippen LogP) is 2.55. The number of aromatic nitrogens is 2. The number of aromatic amines is 1. The van der Waals surface area contributed by atoms with Crippen molar-refractivity contribution in [3.8, 4) is 0 Å². The molecule has 76 valence electrons. The van der Waals surface area contributed by atoms with Crippen LogP contribution in [0.5, 0.6) is 0 Å². The van der Waals surface area contributed by atoms with E-state index in [4.69, 9.17) is 17.0 Å². The Morgan fingerprint density at radius 3 is 3.21 bits per heavy atom. The number of rotatable bonds is 2. The van der Waals surface area contributed by atoms with Gasteiger partial charge in [-0.3, -0.25) is 0 Å². The lowest BCUT2D eigenvalue weighted by Gasteiger charge is -2.09. The fraction of sp³-hybridized carbons (Fsp3) is 0.600. The third kappa shape index (κ3) is 2.01. The molecular weight excluding hydrogens is 196 g/mol. The lowest BCUT2D eigenvalue weighted by Crippen LogP contribution is -2.05. The van der Waals surface area contributed by atoms with Gasteiger partial charge < -0.3 is 9.72 Å². The summed E-state index contributed by atoms with van der Waals surface area (Å²) < 4.78 is 6.21. The van der Waals surface area contributed by atoms with Gasteiger partial charge in [-0.2, -0.15) is 0 Å². The highest BCUT2D eigenvalue weighted by Gasteiger charge is 2.19. The Labute approximate surface area is 88.5 Å². The molecule has 0 radical (unpaired) electrons. The number of H-pyrrole nitrogens is 1. The molecule has 0 aliphatic carbocycles. The first-order valence-electron chi connectivity index (χ1n) is 5.01. The van der Waals surface area contributed by atoms with Crippen LogP contribution in [0.25, 0.3) is 0 Å². The van der Waals surface area contributed by atoms with Gasteiger partial charge in [0.1, 0.15) is 16.6 Å². The van der Waals surface area contributed by atoms with Crippen LogP contribution in [0.3, 0.4) is 0 Å². The predicted molar refractivity (Wildman–Crippen MR) is 56.7 cm³/mol. The molecule has 1 saturated heterocycles. The molecule has 0 spiro atoms. The maximum absolute atomic E-state index is 5.55. The molecule has 1 fully saturated rings. The van der Waals surface area contributed by atoms with Crippen molar-refractivity contribution in [3.05, 3.63) is 22.2 Å². The normalized spacial score (nSPS) is 21.4. The number of hydrogen-bond acceptors (Lipinski definition) is 3. The van der Waals surface area contributed by atoms with Gasteiger partial charge in [0.05, 0.1) is 0 Å². The minimum atomic E-state index is 0.128. The van der Waals surface area contributed by atoms with Crippen molar-refractivity contribution >= 4 is 12.2 Å². The Kier molecular flexibility index (Phi) is 2.93. The quantitative estimate of drug-likeness (QED) is 0.762. The van der Waals surface area contributed by atoms with Gasteiger partial charge in [-0.05, 0) is 25.3 Å². The molecule has 3 nitrogen and oxygen atoms in total. The van der Waals surface area contributed by atoms with E-state index in [0.717, 1.165) is 37.4 Å². The van der Waals surface area contributed by atoms with E-state index in [1.54, 1.807) is 0 Å². The van der Waals surface area contributed by atoms with Gasteiger partial charge in [0, 0.05) is 12.3 Å². The van der Waals surface area contributed by atoms with E-state index in [9.17, 15) is 0 Å². The lowest BCUT2D eigenvalue weighted by atomic mass is 10.2. The van der Waals surface area contributed by atoms with Gasteiger partial charge >= 0.3 is 0 Å². The van der Waals surface area contributed by atoms with Gasteiger partial charge in [0.15, 0.2) is 0 Å². The summed E-state index contributed by atoms with van der Waals surface area (Å²) in [7, 11) is 0. The highest BCUT2D eigenvalue weighted by molar-refractivity contribution is 7.71. The van der Waals surface area contributed by atoms with Crippen LogP contribution in [-0.2, 0) is 11.2 Å². The van der Waals surface area contributed by atoms with Crippen LogP contribution in [0.15, 0.2) is 6.07 Å². The van der Waals surface area contributed by atoms with Crippen molar-refractivity contribution in [3.63, 3.8) is 0 Å². The first kappa shape index (κ1) is 9.80. The Morgan fingerprint density at radius 2 is 2.57 bits per heavy atom. The second-order valence-electron chi connectivity index (χ2n) is 3.49. The highest BCUT2D eigenvalue weighted by atomic mass is 32.1. The summed E-state index contributed by atoms with van der Waals surface area (Å²) in [6.45, 7) is 2.93. The lowest BCUT2D eigenvalue weighted by molar-refractivity contribution is 0.105. The fourth-order valence-electron chi connectivity index (χ4n) is 1.66. The van der Waals surface area contributed by atoms with Crippen molar-refractivity contribution < 1.29 is 4.74 Å². The molecule has 1 atom stereocenters. The Morgan fingerprint density at radius 1 is 1.71 bits per heavy atom. The minimum Gasteiger partial charge on any atom is -0.370 e. The van der Waals surface area contributed by atoms with E-state index >= 15 is 0 Å². The Bertz CT molecular complexity index is 369. The van der Waals surface area contributed by atoms with Crippen molar-refractivity contribution in [2.75, 3.05) is 6.61 Å². The SMILES string of the molecule is CCc1cc(=S)nc(C2CCCO2)[nH]1. The maximum atomic E-state index is 5.55. The molecule has 4 heteroatoms. The molecular formula is C10H14N2OS. The second kappa shape index (κ2) is 4.19. The zero-order valence-corrected chi connectivity index (χ0v) is 9.06. The van der Waals surface area contributed by atoms with Crippen molar-refractivity contribution in [2.24, 2.45) is 0 Å². The van der Waals surface area contributed by atoms with E-state index in [-0.39, 0.29) is 6.10 Å². The van der Waals surface area contributed by atoms with E-state index in [1.807, 2.05) is 6.07 Å². The van der Waals surface area contributed by atoms with E-state index in [1.165, 1.54) is 0 Å². The van der Waals surface area contributed by atoms with Crippen LogP contribution in [-0.4, -0.2) is 16.6 Å². The minimum absolute atomic E-state index is 0.128. The van der Waals surface area contributed by atoms with Crippen molar-refractivity contribution in [1.82, 2.24) is 9.97 Å². The van der Waals surface area contributed by atoms with Gasteiger partial charge in [-0.25, -0.2) is 4.98 Å². The topological polar surface area (TPSA) is 37.9 Å². The smallest absolute Gasteiger partial charge is 0.137 e. The van der Waals surface area contributed by atoms with Crippen LogP contribution < -0.4 is 0 Å². The van der Waals surface area contributed by atoms with E-state index in [2.05, 4.69) is 16.9 Å². The maximum Gasteiger partial charge on any atom is 0.137 e. The van der Waals surface area contributed by atoms with Crippen molar-refractivity contribution in [2.45, 2.75) is 32.3 Å². The summed E-state index contributed by atoms with van der Waals surface area (Å²) in [6.07, 6.45) is 3.24. The second-order valence-corrected chi connectivity index (χ2v) is 3.90. The summed E-state index contributed by atoms with van der Waals surface area (Å²) in [6, 6.07) is 1.91. The van der Waals surface area contributed by atoms with Crippen LogP contribution in [0.1, 0.15) is 37.4 Å². The zero-order chi connectivity index (χ0) is 9.97. The fourth-order valence-corrected chi connectivity index (χ4v) is 1.91. The highest BCUT2D eigenvalue weighted by Crippen LogP contribution is 2.25. The molecule has 14 heavy (non-hydrogen) atoms. The van der Waals surface area contributed by atoms with E-state index < -0.39 is 0 Å². The molecule has 0 bridgehead atoms. The van der Waals surface area contributed by atoms with Crippen LogP contribution in [0.4, 0.5) is 0 Å². The summed E-state index contributed by atoms with van der Waals surface area (Å²) >= 11 is 5.10. The van der Waals surface area contributed by atoms with Crippen LogP contribution in [0.2, 0.25) is 0 Å². The molecule has 1 aromatic rings. The number of nitrogens with one attached hydrogen (secondary N) is 1. The third-order valence-electron chi connectivity index (χ3n) is 2.43. The average molecular weight is 210 g/mol. The summed E-state index contributed by atoms with van der Waals surface area (Å²) in [5.74, 6) is 0.895. The molecule has 1 aliphatic heterocycles. The standard InChI is InChI=1S/C10H14N2OS/c1-2-7-6-9(14)12-10(11-7)8-4-3-5-13-8/h6,8H,2-5H2,1H3,(H,11,12,14). The first-order valence-corrected chi connectivity index (χ1v) is 5.42. The number of hydrogen-bond donors (Lipinski definition) is 1. The van der Waals surface area contributed by atoms with Gasteiger partial charge in [-0.15, -0.1) is 0 Å². The molecule has 1 aromatic heterocycles. The first-order chi connectivity index (χ1) is 6.79. The summed E-state index contributed by atoms with van der Waals surface area (Å²) in [5.41, 5.74) is 1.13. The molecule has 0 saturated carbocycles. The largest absolute Gasteiger partial charge is 0.370 e. The Hall–Kier alpha value is -0.740. The third-order valence-corrected chi connectivity index (χ3v) is 2.64. The number of aryl methyl sites for hydroxylation is 1. The summed E-state index contributed by atoms with van der Waals surface area (Å²) in [5, 5.41) is 0. The van der Waals surface area contributed by atoms with Crippen LogP contribution in [0, 0.1) is 4.64 Å². The average Bonchev–Trinajstić information content (AvgIpc) is 2.69. The van der Waals surface area contributed by atoms with Gasteiger partial charge in [-0.1, -0.05) is 19.1 Å². The molecule has 0 aromatic carbocycles. The molecule has 1 aliphatic rings. The monoisotopic (exact) mass is 210 g/mol. The molecule has 2 rings (SSSR count). The zero-order valence-electron chi connectivity index (χ0n) is 8.25. The number of nitrogens with zero attached hydrogens (tertiary/aromatic N) is 1. The summed E-state index contributed by atoms with van der Waals surface area (Å²) in [4.78, 5) is 7.57. The number of ether oxygens (including phenoxy) is 1. The van der Waals surface area contributed by atoms with E-state index in [0.29, 0.717) is 4.64 Å². The molecule has 0 amide bonds. The molecule has 1 unspecified atom stereocenters. The van der Waals surface area contributed by atoms with Gasteiger partial charge in [0.25, 0.3) is 0 Å². The Balaban J connectivity index is 2.32. The van der Waals surface area contributed by atoms with Crippen molar-refractivity contribution in [1.29, 1.82) is 0 Å². The molecule has 1 N–H and O–H groups in total. The van der Waals surface area contributed by atoms with Crippen LogP contribution >= 0.6 is 12.2 Å². The molecule has 2 heterocycles.